The topological polar surface area (TPSA) is 56.6 Å². The number of aryl methyl sites for hydroxylation is 1. The number of likely N-dealkylation sites (tertiary alicyclic amines) is 1. The Bertz CT molecular complexity index is 1040. The van der Waals surface area contributed by atoms with E-state index >= 15 is 0 Å². The van der Waals surface area contributed by atoms with Crippen LogP contribution >= 0.6 is 0 Å². The highest BCUT2D eigenvalue weighted by Gasteiger charge is 2.33. The van der Waals surface area contributed by atoms with Crippen LogP contribution in [0.25, 0.3) is 11.0 Å². The van der Waals surface area contributed by atoms with Gasteiger partial charge in [-0.3, -0.25) is 4.79 Å². The molecule has 162 valence electrons. The number of imidazole rings is 1. The quantitative estimate of drug-likeness (QED) is 0.361. The third-order valence-corrected chi connectivity index (χ3v) is 5.72. The zero-order chi connectivity index (χ0) is 21.6. The van der Waals surface area contributed by atoms with Gasteiger partial charge in [-0.2, -0.15) is 0 Å². The van der Waals surface area contributed by atoms with Crippen molar-refractivity contribution in [3.8, 4) is 11.5 Å². The minimum atomic E-state index is 0.121. The molecule has 1 saturated heterocycles. The van der Waals surface area contributed by atoms with Crippen molar-refractivity contribution in [1.82, 2.24) is 14.5 Å². The first-order valence-corrected chi connectivity index (χ1v) is 10.8. The number of ether oxygens (including phenoxy) is 2. The number of hydrogen-bond acceptors (Lipinski definition) is 4. The molecule has 0 unspecified atom stereocenters. The molecule has 0 spiro atoms. The summed E-state index contributed by atoms with van der Waals surface area (Å²) in [4.78, 5) is 19.1. The van der Waals surface area contributed by atoms with Gasteiger partial charge in [0.05, 0.1) is 24.8 Å². The molecule has 3 aromatic rings. The predicted molar refractivity (Wildman–Crippen MR) is 122 cm³/mol. The van der Waals surface area contributed by atoms with E-state index in [9.17, 15) is 4.79 Å². The van der Waals surface area contributed by atoms with Crippen molar-refractivity contribution in [3.63, 3.8) is 0 Å². The lowest BCUT2D eigenvalue weighted by Crippen LogP contribution is -2.25. The zero-order valence-corrected chi connectivity index (χ0v) is 18.0. The average molecular weight is 420 g/mol. The molecule has 31 heavy (non-hydrogen) atoms. The molecule has 6 nitrogen and oxygen atoms in total. The van der Waals surface area contributed by atoms with E-state index in [1.54, 1.807) is 13.2 Å². The third kappa shape index (κ3) is 4.74. The maximum Gasteiger partial charge on any atom is 0.223 e. The van der Waals surface area contributed by atoms with E-state index in [0.717, 1.165) is 47.7 Å². The van der Waals surface area contributed by atoms with Crippen molar-refractivity contribution >= 4 is 16.9 Å². The highest BCUT2D eigenvalue weighted by Crippen LogP contribution is 2.30. The molecule has 2 aromatic carbocycles. The van der Waals surface area contributed by atoms with Crippen LogP contribution in [0.2, 0.25) is 0 Å². The van der Waals surface area contributed by atoms with E-state index in [2.05, 4.69) is 17.2 Å². The number of methoxy groups -OCH3 is 1. The summed E-state index contributed by atoms with van der Waals surface area (Å²) < 4.78 is 13.3. The second-order valence-corrected chi connectivity index (χ2v) is 7.83. The fourth-order valence-corrected chi connectivity index (χ4v) is 4.15. The average Bonchev–Trinajstić information content (AvgIpc) is 3.34. The molecule has 1 atom stereocenters. The van der Waals surface area contributed by atoms with E-state index in [0.29, 0.717) is 26.1 Å². The second-order valence-electron chi connectivity index (χ2n) is 7.83. The maximum absolute atomic E-state index is 12.4. The normalized spacial score (nSPS) is 16.1. The first kappa shape index (κ1) is 21.0. The van der Waals surface area contributed by atoms with Crippen molar-refractivity contribution in [2.45, 2.75) is 31.7 Å². The first-order chi connectivity index (χ1) is 15.2. The SMILES string of the molecule is C=CCN1C[C@H](c2nc3ccccc3n2CCCCOc2ccc(OC)cc2)CC1=O. The molecule has 1 aliphatic heterocycles. The molecule has 1 fully saturated rings. The van der Waals surface area contributed by atoms with Gasteiger partial charge in [-0.1, -0.05) is 18.2 Å². The molecule has 0 aliphatic carbocycles. The number of benzene rings is 2. The first-order valence-electron chi connectivity index (χ1n) is 10.8. The van der Waals surface area contributed by atoms with Crippen molar-refractivity contribution in [1.29, 1.82) is 0 Å². The van der Waals surface area contributed by atoms with Crippen LogP contribution in [-0.2, 0) is 11.3 Å². The zero-order valence-electron chi connectivity index (χ0n) is 18.0. The molecule has 0 bridgehead atoms. The Kier molecular flexibility index (Phi) is 6.55. The van der Waals surface area contributed by atoms with Gasteiger partial charge in [-0.25, -0.2) is 4.98 Å². The van der Waals surface area contributed by atoms with Crippen LogP contribution in [0.3, 0.4) is 0 Å². The van der Waals surface area contributed by atoms with Gasteiger partial charge in [0.25, 0.3) is 0 Å². The standard InChI is InChI=1S/C25H29N3O3/c1-3-14-27-18-19(17-24(27)29)25-26-22-8-4-5-9-23(22)28(25)15-6-7-16-31-21-12-10-20(30-2)11-13-21/h3-5,8-13,19H,1,6-7,14-18H2,2H3/t19-/m1/s1. The summed E-state index contributed by atoms with van der Waals surface area (Å²) in [5.41, 5.74) is 2.12. The number of nitrogens with zero attached hydrogens (tertiary/aromatic N) is 3. The molecular formula is C25H29N3O3. The Balaban J connectivity index is 1.40. The monoisotopic (exact) mass is 419 g/mol. The lowest BCUT2D eigenvalue weighted by atomic mass is 10.1. The van der Waals surface area contributed by atoms with Gasteiger partial charge in [0.2, 0.25) is 5.91 Å². The molecular weight excluding hydrogens is 390 g/mol. The van der Waals surface area contributed by atoms with E-state index in [-0.39, 0.29) is 11.8 Å². The minimum Gasteiger partial charge on any atom is -0.497 e. The van der Waals surface area contributed by atoms with Crippen molar-refractivity contribution in [2.75, 3.05) is 26.8 Å². The van der Waals surface area contributed by atoms with Gasteiger partial charge in [-0.05, 0) is 49.2 Å². The van der Waals surface area contributed by atoms with Gasteiger partial charge in [0, 0.05) is 32.0 Å². The molecule has 6 heteroatoms. The van der Waals surface area contributed by atoms with Gasteiger partial charge in [-0.15, -0.1) is 6.58 Å². The van der Waals surface area contributed by atoms with Crippen LogP contribution in [0.15, 0.2) is 61.2 Å². The number of unbranched alkanes of at least 4 members (excludes halogenated alkanes) is 1. The summed E-state index contributed by atoms with van der Waals surface area (Å²) >= 11 is 0. The third-order valence-electron chi connectivity index (χ3n) is 5.72. The van der Waals surface area contributed by atoms with Gasteiger partial charge in [0.15, 0.2) is 0 Å². The minimum absolute atomic E-state index is 0.121. The van der Waals surface area contributed by atoms with Crippen molar-refractivity contribution < 1.29 is 14.3 Å². The number of para-hydroxylation sites is 2. The Labute approximate surface area is 183 Å². The fraction of sp³-hybridized carbons (Fsp3) is 0.360. The number of fused-ring (bicyclic) bond motifs is 1. The number of hydrogen-bond donors (Lipinski definition) is 0. The summed E-state index contributed by atoms with van der Waals surface area (Å²) in [6.07, 6.45) is 4.20. The van der Waals surface area contributed by atoms with Crippen LogP contribution < -0.4 is 9.47 Å². The largest absolute Gasteiger partial charge is 0.497 e. The molecule has 1 amide bonds. The number of amides is 1. The van der Waals surface area contributed by atoms with Crippen molar-refractivity contribution in [3.05, 3.63) is 67.0 Å². The smallest absolute Gasteiger partial charge is 0.223 e. The highest BCUT2D eigenvalue weighted by molar-refractivity contribution is 5.81. The lowest BCUT2D eigenvalue weighted by molar-refractivity contribution is -0.127. The molecule has 1 aromatic heterocycles. The van der Waals surface area contributed by atoms with Crippen LogP contribution in [0.4, 0.5) is 0 Å². The number of rotatable bonds is 10. The molecule has 1 aliphatic rings. The number of carbonyl (C=O) groups excluding carboxylic acids is 1. The molecule has 0 radical (unpaired) electrons. The molecule has 0 N–H and O–H groups in total. The Morgan fingerprint density at radius 1 is 1.13 bits per heavy atom. The van der Waals surface area contributed by atoms with E-state index in [1.807, 2.05) is 47.4 Å². The Hall–Kier alpha value is -3.28. The van der Waals surface area contributed by atoms with Gasteiger partial charge in [0.1, 0.15) is 17.3 Å². The second kappa shape index (κ2) is 9.69. The summed E-state index contributed by atoms with van der Waals surface area (Å²) in [6, 6.07) is 15.9. The van der Waals surface area contributed by atoms with Gasteiger partial charge >= 0.3 is 0 Å². The van der Waals surface area contributed by atoms with Crippen LogP contribution in [0.5, 0.6) is 11.5 Å². The van der Waals surface area contributed by atoms with Crippen molar-refractivity contribution in [2.24, 2.45) is 0 Å². The van der Waals surface area contributed by atoms with E-state index < -0.39 is 0 Å². The Morgan fingerprint density at radius 3 is 2.68 bits per heavy atom. The number of carbonyl (C=O) groups is 1. The summed E-state index contributed by atoms with van der Waals surface area (Å²) in [6.45, 7) is 6.57. The van der Waals surface area contributed by atoms with E-state index in [1.165, 1.54) is 0 Å². The summed E-state index contributed by atoms with van der Waals surface area (Å²) in [5.74, 6) is 2.98. The van der Waals surface area contributed by atoms with E-state index in [4.69, 9.17) is 14.5 Å². The van der Waals surface area contributed by atoms with Crippen LogP contribution in [0, 0.1) is 0 Å². The Morgan fingerprint density at radius 2 is 1.90 bits per heavy atom. The summed E-state index contributed by atoms with van der Waals surface area (Å²) in [7, 11) is 1.66. The lowest BCUT2D eigenvalue weighted by Gasteiger charge is -2.15. The predicted octanol–water partition coefficient (Wildman–Crippen LogP) is 4.41. The van der Waals surface area contributed by atoms with Gasteiger partial charge < -0.3 is 18.9 Å². The molecule has 2 heterocycles. The molecule has 0 saturated carbocycles. The van der Waals surface area contributed by atoms with Crippen LogP contribution in [0.1, 0.15) is 31.0 Å². The summed E-state index contributed by atoms with van der Waals surface area (Å²) in [5, 5.41) is 0. The van der Waals surface area contributed by atoms with Crippen LogP contribution in [-0.4, -0.2) is 47.2 Å². The molecule has 4 rings (SSSR count). The fourth-order valence-electron chi connectivity index (χ4n) is 4.15. The number of aromatic nitrogens is 2. The highest BCUT2D eigenvalue weighted by atomic mass is 16.5. The maximum atomic E-state index is 12.4.